The molecule has 1 heterocycles. The third kappa shape index (κ3) is 4.30. The second-order valence-corrected chi connectivity index (χ2v) is 6.62. The number of aryl methyl sites for hydroxylation is 1. The van der Waals surface area contributed by atoms with Crippen LogP contribution in [0.1, 0.15) is 25.8 Å². The van der Waals surface area contributed by atoms with Crippen molar-refractivity contribution in [2.45, 2.75) is 33.2 Å². The van der Waals surface area contributed by atoms with Gasteiger partial charge >= 0.3 is 0 Å². The maximum Gasteiger partial charge on any atom is 0.0685 e. The number of rotatable bonds is 8. The second kappa shape index (κ2) is 7.95. The van der Waals surface area contributed by atoms with Gasteiger partial charge in [-0.2, -0.15) is 5.10 Å². The van der Waals surface area contributed by atoms with Gasteiger partial charge in [0.2, 0.25) is 0 Å². The van der Waals surface area contributed by atoms with Crippen LogP contribution in [-0.4, -0.2) is 28.8 Å². The van der Waals surface area contributed by atoms with Gasteiger partial charge in [-0.25, -0.2) is 0 Å². The van der Waals surface area contributed by atoms with Gasteiger partial charge in [-0.15, -0.1) is 0 Å². The first-order chi connectivity index (χ1) is 10.2. The van der Waals surface area contributed by atoms with E-state index in [0.29, 0.717) is 11.8 Å². The van der Waals surface area contributed by atoms with Crippen molar-refractivity contribution in [3.05, 3.63) is 30.0 Å². The molecular weight excluding hydrogens is 328 g/mol. The van der Waals surface area contributed by atoms with Crippen LogP contribution in [0.3, 0.4) is 0 Å². The summed E-state index contributed by atoms with van der Waals surface area (Å²) in [6.07, 6.45) is 4.06. The Hall–Kier alpha value is -0.870. The normalized spacial score (nSPS) is 13.2. The van der Waals surface area contributed by atoms with E-state index in [2.05, 4.69) is 57.8 Å². The number of fused-ring (bicyclic) bond motifs is 1. The summed E-state index contributed by atoms with van der Waals surface area (Å²) in [5.74, 6) is 1.36. The van der Waals surface area contributed by atoms with Crippen LogP contribution in [0.2, 0.25) is 0 Å². The van der Waals surface area contributed by atoms with E-state index in [4.69, 9.17) is 4.74 Å². The Balaban J connectivity index is 2.17. The van der Waals surface area contributed by atoms with Crippen LogP contribution in [0.25, 0.3) is 10.9 Å². The van der Waals surface area contributed by atoms with Gasteiger partial charge in [0.1, 0.15) is 0 Å². The molecule has 0 spiro atoms. The van der Waals surface area contributed by atoms with E-state index >= 15 is 0 Å². The third-order valence-electron chi connectivity index (χ3n) is 4.07. The van der Waals surface area contributed by atoms with Gasteiger partial charge in [0.05, 0.1) is 11.7 Å². The molecule has 0 unspecified atom stereocenters. The number of nitrogens with zero attached hydrogens (tertiary/aromatic N) is 2. The lowest BCUT2D eigenvalue weighted by Crippen LogP contribution is -2.13. The summed E-state index contributed by atoms with van der Waals surface area (Å²) in [6.45, 7) is 6.27. The average molecular weight is 353 g/mol. The zero-order valence-corrected chi connectivity index (χ0v) is 14.8. The molecule has 0 amide bonds. The van der Waals surface area contributed by atoms with Gasteiger partial charge in [0.25, 0.3) is 0 Å². The summed E-state index contributed by atoms with van der Waals surface area (Å²) in [5.41, 5.74) is 2.63. The predicted octanol–water partition coefficient (Wildman–Crippen LogP) is 4.28. The minimum Gasteiger partial charge on any atom is -0.385 e. The molecule has 1 aromatic heterocycles. The SMILES string of the molecule is COCCCn1ncc2ccc(C[C@@H](CBr)C(C)C)cc21. The van der Waals surface area contributed by atoms with Crippen molar-refractivity contribution in [1.82, 2.24) is 9.78 Å². The smallest absolute Gasteiger partial charge is 0.0685 e. The van der Waals surface area contributed by atoms with Crippen molar-refractivity contribution >= 4 is 26.8 Å². The monoisotopic (exact) mass is 352 g/mol. The van der Waals surface area contributed by atoms with Gasteiger partial charge in [0, 0.05) is 31.0 Å². The molecule has 21 heavy (non-hydrogen) atoms. The van der Waals surface area contributed by atoms with Gasteiger partial charge in [-0.1, -0.05) is 41.9 Å². The van der Waals surface area contributed by atoms with Gasteiger partial charge in [-0.3, -0.25) is 4.68 Å². The Morgan fingerprint density at radius 1 is 1.33 bits per heavy atom. The van der Waals surface area contributed by atoms with Crippen molar-refractivity contribution in [1.29, 1.82) is 0 Å². The summed E-state index contributed by atoms with van der Waals surface area (Å²) in [4.78, 5) is 0. The number of benzene rings is 1. The van der Waals surface area contributed by atoms with E-state index in [0.717, 1.165) is 31.3 Å². The Morgan fingerprint density at radius 2 is 2.14 bits per heavy atom. The Kier molecular flexibility index (Phi) is 6.24. The number of ether oxygens (including phenoxy) is 1. The molecule has 0 aliphatic rings. The summed E-state index contributed by atoms with van der Waals surface area (Å²) in [6, 6.07) is 6.73. The number of halogens is 1. The molecule has 0 fully saturated rings. The van der Waals surface area contributed by atoms with Crippen LogP contribution < -0.4 is 0 Å². The number of alkyl halides is 1. The van der Waals surface area contributed by atoms with Gasteiger partial charge < -0.3 is 4.74 Å². The van der Waals surface area contributed by atoms with Gasteiger partial charge in [0.15, 0.2) is 0 Å². The fraction of sp³-hybridized carbons (Fsp3) is 0.588. The molecule has 116 valence electrons. The average Bonchev–Trinajstić information content (AvgIpc) is 2.87. The highest BCUT2D eigenvalue weighted by Gasteiger charge is 2.13. The number of aromatic nitrogens is 2. The van der Waals surface area contributed by atoms with E-state index in [1.54, 1.807) is 7.11 Å². The Morgan fingerprint density at radius 3 is 2.81 bits per heavy atom. The second-order valence-electron chi connectivity index (χ2n) is 5.97. The standard InChI is InChI=1S/C17H25BrN2O/c1-13(2)16(11-18)9-14-5-6-15-12-19-20(17(15)10-14)7-4-8-21-3/h5-6,10,12-13,16H,4,7-9,11H2,1-3H3/t16-/m0/s1. The van der Waals surface area contributed by atoms with Gasteiger partial charge in [-0.05, 0) is 36.3 Å². The Bertz CT molecular complexity index is 565. The van der Waals surface area contributed by atoms with Crippen LogP contribution in [0, 0.1) is 11.8 Å². The largest absolute Gasteiger partial charge is 0.385 e. The summed E-state index contributed by atoms with van der Waals surface area (Å²) in [5, 5.41) is 6.76. The minimum atomic E-state index is 0.673. The quantitative estimate of drug-likeness (QED) is 0.523. The molecule has 2 aromatic rings. The fourth-order valence-corrected chi connectivity index (χ4v) is 3.53. The molecule has 0 saturated carbocycles. The highest BCUT2D eigenvalue weighted by molar-refractivity contribution is 9.09. The lowest BCUT2D eigenvalue weighted by atomic mass is 9.91. The number of hydrogen-bond donors (Lipinski definition) is 0. The Labute approximate surface area is 135 Å². The van der Waals surface area contributed by atoms with Crippen LogP contribution in [-0.2, 0) is 17.7 Å². The van der Waals surface area contributed by atoms with E-state index < -0.39 is 0 Å². The van der Waals surface area contributed by atoms with Crippen molar-refractivity contribution in [2.75, 3.05) is 19.0 Å². The lowest BCUT2D eigenvalue weighted by molar-refractivity contribution is 0.189. The highest BCUT2D eigenvalue weighted by Crippen LogP contribution is 2.22. The molecule has 4 heteroatoms. The molecule has 0 aliphatic carbocycles. The first-order valence-electron chi connectivity index (χ1n) is 7.65. The molecular formula is C17H25BrN2O. The third-order valence-corrected chi connectivity index (χ3v) is 4.90. The van der Waals surface area contributed by atoms with Crippen LogP contribution in [0.15, 0.2) is 24.4 Å². The number of methoxy groups -OCH3 is 1. The van der Waals surface area contributed by atoms with Crippen molar-refractivity contribution in [3.8, 4) is 0 Å². The van der Waals surface area contributed by atoms with Crippen LogP contribution in [0.4, 0.5) is 0 Å². The summed E-state index contributed by atoms with van der Waals surface area (Å²) in [7, 11) is 1.74. The van der Waals surface area contributed by atoms with Crippen LogP contribution >= 0.6 is 15.9 Å². The van der Waals surface area contributed by atoms with E-state index in [-0.39, 0.29) is 0 Å². The predicted molar refractivity (Wildman–Crippen MR) is 92.1 cm³/mol. The molecule has 0 saturated heterocycles. The molecule has 0 bridgehead atoms. The first-order valence-corrected chi connectivity index (χ1v) is 8.77. The van der Waals surface area contributed by atoms with Crippen molar-refractivity contribution in [3.63, 3.8) is 0 Å². The van der Waals surface area contributed by atoms with Crippen molar-refractivity contribution < 1.29 is 4.74 Å². The zero-order valence-electron chi connectivity index (χ0n) is 13.2. The van der Waals surface area contributed by atoms with E-state index in [1.807, 2.05) is 6.20 Å². The highest BCUT2D eigenvalue weighted by atomic mass is 79.9. The lowest BCUT2D eigenvalue weighted by Gasteiger charge is -2.18. The maximum absolute atomic E-state index is 5.12. The van der Waals surface area contributed by atoms with Crippen molar-refractivity contribution in [2.24, 2.45) is 11.8 Å². The molecule has 2 rings (SSSR count). The van der Waals surface area contributed by atoms with E-state index in [1.165, 1.54) is 16.5 Å². The molecule has 1 atom stereocenters. The minimum absolute atomic E-state index is 0.673. The summed E-state index contributed by atoms with van der Waals surface area (Å²) < 4.78 is 7.22. The zero-order chi connectivity index (χ0) is 15.2. The maximum atomic E-state index is 5.12. The first kappa shape index (κ1) is 16.5. The molecule has 0 radical (unpaired) electrons. The molecule has 0 N–H and O–H groups in total. The molecule has 1 aromatic carbocycles. The van der Waals surface area contributed by atoms with E-state index in [9.17, 15) is 0 Å². The molecule has 3 nitrogen and oxygen atoms in total. The topological polar surface area (TPSA) is 27.1 Å². The number of hydrogen-bond acceptors (Lipinski definition) is 2. The summed E-state index contributed by atoms with van der Waals surface area (Å²) >= 11 is 3.64. The molecule has 0 aliphatic heterocycles. The van der Waals surface area contributed by atoms with Crippen LogP contribution in [0.5, 0.6) is 0 Å². The fourth-order valence-electron chi connectivity index (χ4n) is 2.55.